The number of esters is 1. The molecule has 2 aromatic carbocycles. The van der Waals surface area contributed by atoms with Crippen LogP contribution in [-0.2, 0) is 4.74 Å². The molecule has 0 aliphatic carbocycles. The lowest BCUT2D eigenvalue weighted by Crippen LogP contribution is -2.28. The highest BCUT2D eigenvalue weighted by atomic mass is 16.5. The summed E-state index contributed by atoms with van der Waals surface area (Å²) in [4.78, 5) is 29.6. The summed E-state index contributed by atoms with van der Waals surface area (Å²) >= 11 is 0. The standard InChI is InChI=1S/C18H17N3O3/c1-11(19)16-20-14-9-5-3-7-12(14)17(22)21(16)15-10-6-4-8-13(15)18(23)24-2/h3-11H,19H2,1-2H3. The molecule has 1 unspecified atom stereocenters. The molecule has 1 aromatic heterocycles. The number of aromatic nitrogens is 2. The Balaban J connectivity index is 2.42. The molecule has 0 spiro atoms. The van der Waals surface area contributed by atoms with E-state index in [-0.39, 0.29) is 11.1 Å². The van der Waals surface area contributed by atoms with Crippen molar-refractivity contribution in [3.05, 3.63) is 70.3 Å². The van der Waals surface area contributed by atoms with Gasteiger partial charge >= 0.3 is 5.97 Å². The fraction of sp³-hybridized carbons (Fsp3) is 0.167. The number of hydrogen-bond acceptors (Lipinski definition) is 5. The molecule has 0 aliphatic heterocycles. The summed E-state index contributed by atoms with van der Waals surface area (Å²) in [5, 5.41) is 0.460. The van der Waals surface area contributed by atoms with Gasteiger partial charge in [-0.2, -0.15) is 0 Å². The van der Waals surface area contributed by atoms with Crippen LogP contribution in [-0.4, -0.2) is 22.6 Å². The number of nitrogens with zero attached hydrogens (tertiary/aromatic N) is 2. The van der Waals surface area contributed by atoms with Crippen LogP contribution in [0.15, 0.2) is 53.3 Å². The van der Waals surface area contributed by atoms with Gasteiger partial charge in [0, 0.05) is 0 Å². The van der Waals surface area contributed by atoms with Crippen LogP contribution in [0.2, 0.25) is 0 Å². The van der Waals surface area contributed by atoms with Crippen molar-refractivity contribution in [3.8, 4) is 5.69 Å². The summed E-state index contributed by atoms with van der Waals surface area (Å²) in [7, 11) is 1.30. The highest BCUT2D eigenvalue weighted by molar-refractivity contribution is 5.93. The van der Waals surface area contributed by atoms with Crippen LogP contribution < -0.4 is 11.3 Å². The van der Waals surface area contributed by atoms with Crippen molar-refractivity contribution in [2.75, 3.05) is 7.11 Å². The third-order valence-electron chi connectivity index (χ3n) is 3.76. The Morgan fingerprint density at radius 1 is 1.17 bits per heavy atom. The predicted molar refractivity (Wildman–Crippen MR) is 91.3 cm³/mol. The van der Waals surface area contributed by atoms with Gasteiger partial charge < -0.3 is 10.5 Å². The fourth-order valence-corrected chi connectivity index (χ4v) is 2.64. The van der Waals surface area contributed by atoms with E-state index < -0.39 is 12.0 Å². The SMILES string of the molecule is COC(=O)c1ccccc1-n1c(C(C)N)nc2ccccc2c1=O. The minimum atomic E-state index is -0.527. The normalized spacial score (nSPS) is 12.1. The maximum absolute atomic E-state index is 13.0. The summed E-state index contributed by atoms with van der Waals surface area (Å²) in [5.41, 5.74) is 7.01. The van der Waals surface area contributed by atoms with Gasteiger partial charge in [0.15, 0.2) is 0 Å². The zero-order valence-corrected chi connectivity index (χ0v) is 13.4. The second kappa shape index (κ2) is 6.25. The number of fused-ring (bicyclic) bond motifs is 1. The van der Waals surface area contributed by atoms with Crippen molar-refractivity contribution in [2.24, 2.45) is 5.73 Å². The number of methoxy groups -OCH3 is 1. The monoisotopic (exact) mass is 323 g/mol. The number of ether oxygens (including phenoxy) is 1. The quantitative estimate of drug-likeness (QED) is 0.747. The lowest BCUT2D eigenvalue weighted by atomic mass is 10.1. The largest absolute Gasteiger partial charge is 0.465 e. The smallest absolute Gasteiger partial charge is 0.339 e. The zero-order valence-electron chi connectivity index (χ0n) is 13.4. The minimum absolute atomic E-state index is 0.274. The number of carbonyl (C=O) groups excluding carboxylic acids is 1. The van der Waals surface area contributed by atoms with Crippen LogP contribution in [0.3, 0.4) is 0 Å². The highest BCUT2D eigenvalue weighted by Crippen LogP contribution is 2.20. The maximum Gasteiger partial charge on any atom is 0.339 e. The summed E-state index contributed by atoms with van der Waals surface area (Å²) in [6.45, 7) is 1.74. The van der Waals surface area contributed by atoms with E-state index in [1.54, 1.807) is 49.4 Å². The van der Waals surface area contributed by atoms with Gasteiger partial charge in [0.25, 0.3) is 5.56 Å². The van der Waals surface area contributed by atoms with E-state index in [9.17, 15) is 9.59 Å². The molecule has 0 aliphatic rings. The molecular weight excluding hydrogens is 306 g/mol. The van der Waals surface area contributed by atoms with Crippen molar-refractivity contribution in [3.63, 3.8) is 0 Å². The summed E-state index contributed by atoms with van der Waals surface area (Å²) in [5.74, 6) is -0.142. The molecule has 0 amide bonds. The van der Waals surface area contributed by atoms with Crippen molar-refractivity contribution in [2.45, 2.75) is 13.0 Å². The van der Waals surface area contributed by atoms with Gasteiger partial charge in [0.2, 0.25) is 0 Å². The zero-order chi connectivity index (χ0) is 17.3. The molecule has 3 rings (SSSR count). The molecule has 0 bridgehead atoms. The van der Waals surface area contributed by atoms with Crippen molar-refractivity contribution in [1.29, 1.82) is 0 Å². The minimum Gasteiger partial charge on any atom is -0.465 e. The Morgan fingerprint density at radius 2 is 1.83 bits per heavy atom. The van der Waals surface area contributed by atoms with E-state index >= 15 is 0 Å². The van der Waals surface area contributed by atoms with Gasteiger partial charge in [-0.15, -0.1) is 0 Å². The molecule has 3 aromatic rings. The topological polar surface area (TPSA) is 87.2 Å². The van der Waals surface area contributed by atoms with Crippen molar-refractivity contribution in [1.82, 2.24) is 9.55 Å². The van der Waals surface area contributed by atoms with Crippen LogP contribution >= 0.6 is 0 Å². The molecule has 1 atom stereocenters. The van der Waals surface area contributed by atoms with E-state index in [4.69, 9.17) is 10.5 Å². The second-order valence-electron chi connectivity index (χ2n) is 5.43. The highest BCUT2D eigenvalue weighted by Gasteiger charge is 2.20. The maximum atomic E-state index is 13.0. The second-order valence-corrected chi connectivity index (χ2v) is 5.43. The number of nitrogens with two attached hydrogens (primary N) is 1. The third kappa shape index (κ3) is 2.57. The number of benzene rings is 2. The van der Waals surface area contributed by atoms with Crippen LogP contribution in [0, 0.1) is 0 Å². The summed E-state index contributed by atoms with van der Waals surface area (Å²) in [6, 6.07) is 13.3. The first-order valence-corrected chi connectivity index (χ1v) is 7.49. The molecule has 0 radical (unpaired) electrons. The van der Waals surface area contributed by atoms with E-state index in [1.807, 2.05) is 6.07 Å². The van der Waals surface area contributed by atoms with Crippen LogP contribution in [0.5, 0.6) is 0 Å². The van der Waals surface area contributed by atoms with Gasteiger partial charge in [-0.3, -0.25) is 9.36 Å². The van der Waals surface area contributed by atoms with Crippen molar-refractivity contribution < 1.29 is 9.53 Å². The number of carbonyl (C=O) groups is 1. The molecule has 6 nitrogen and oxygen atoms in total. The Labute approximate surface area is 138 Å². The van der Waals surface area contributed by atoms with Gasteiger partial charge in [-0.1, -0.05) is 24.3 Å². The van der Waals surface area contributed by atoms with E-state index in [0.717, 1.165) is 0 Å². The predicted octanol–water partition coefficient (Wildman–Crippen LogP) is 2.19. The Kier molecular flexibility index (Phi) is 4.14. The average molecular weight is 323 g/mol. The lowest BCUT2D eigenvalue weighted by Gasteiger charge is -2.17. The van der Waals surface area contributed by atoms with E-state index in [1.165, 1.54) is 11.7 Å². The van der Waals surface area contributed by atoms with Crippen LogP contribution in [0.4, 0.5) is 0 Å². The molecule has 6 heteroatoms. The van der Waals surface area contributed by atoms with Gasteiger partial charge in [0.1, 0.15) is 5.82 Å². The Morgan fingerprint density at radius 3 is 2.54 bits per heavy atom. The molecule has 2 N–H and O–H groups in total. The molecule has 122 valence electrons. The summed E-state index contributed by atoms with van der Waals surface area (Å²) < 4.78 is 6.21. The first-order chi connectivity index (χ1) is 11.5. The van der Waals surface area contributed by atoms with Crippen LogP contribution in [0.25, 0.3) is 16.6 Å². The molecule has 0 saturated carbocycles. The lowest BCUT2D eigenvalue weighted by molar-refractivity contribution is 0.0600. The molecule has 1 heterocycles. The van der Waals surface area contributed by atoms with Crippen molar-refractivity contribution >= 4 is 16.9 Å². The number of hydrogen-bond donors (Lipinski definition) is 1. The summed E-state index contributed by atoms with van der Waals surface area (Å²) in [6.07, 6.45) is 0. The van der Waals surface area contributed by atoms with E-state index in [0.29, 0.717) is 22.4 Å². The van der Waals surface area contributed by atoms with E-state index in [2.05, 4.69) is 4.98 Å². The molecule has 24 heavy (non-hydrogen) atoms. The first-order valence-electron chi connectivity index (χ1n) is 7.49. The van der Waals surface area contributed by atoms with Gasteiger partial charge in [-0.05, 0) is 31.2 Å². The molecule has 0 saturated heterocycles. The van der Waals surface area contributed by atoms with Gasteiger partial charge in [-0.25, -0.2) is 9.78 Å². The third-order valence-corrected chi connectivity index (χ3v) is 3.76. The number of rotatable bonds is 3. The fourth-order valence-electron chi connectivity index (χ4n) is 2.64. The molecule has 0 fully saturated rings. The Bertz CT molecular complexity index is 977. The van der Waals surface area contributed by atoms with Gasteiger partial charge in [0.05, 0.1) is 35.3 Å². The molecular formula is C18H17N3O3. The number of para-hydroxylation sites is 2. The Hall–Kier alpha value is -2.99. The average Bonchev–Trinajstić information content (AvgIpc) is 2.61. The van der Waals surface area contributed by atoms with Crippen LogP contribution in [0.1, 0.15) is 29.1 Å². The first kappa shape index (κ1) is 15.9.